The zero-order valence-corrected chi connectivity index (χ0v) is 12.8. The van der Waals surface area contributed by atoms with E-state index in [2.05, 4.69) is 15.3 Å². The second-order valence-electron chi connectivity index (χ2n) is 5.39. The lowest BCUT2D eigenvalue weighted by Crippen LogP contribution is -2.50. The lowest BCUT2D eigenvalue weighted by molar-refractivity contribution is -0.0589. The molecular weight excluding hydrogens is 286 g/mol. The van der Waals surface area contributed by atoms with Crippen LogP contribution in [-0.2, 0) is 9.47 Å². The number of nitrogens with zero attached hydrogens (tertiary/aromatic N) is 1. The number of amides is 1. The van der Waals surface area contributed by atoms with Gasteiger partial charge in [0.2, 0.25) is 0 Å². The van der Waals surface area contributed by atoms with Crippen molar-refractivity contribution in [3.8, 4) is 0 Å². The first kappa shape index (κ1) is 16.4. The van der Waals surface area contributed by atoms with E-state index in [-0.39, 0.29) is 17.7 Å². The number of H-pyrrole nitrogens is 1. The maximum Gasteiger partial charge on any atom is 0.263 e. The van der Waals surface area contributed by atoms with Crippen LogP contribution in [0.3, 0.4) is 0 Å². The fraction of sp³-hybridized carbons (Fsp3) is 0.533. The van der Waals surface area contributed by atoms with Crippen molar-refractivity contribution in [2.75, 3.05) is 19.8 Å². The zero-order valence-electron chi connectivity index (χ0n) is 12.8. The fourth-order valence-corrected chi connectivity index (χ4v) is 2.13. The van der Waals surface area contributed by atoms with E-state index in [1.807, 2.05) is 19.9 Å². The molecule has 1 saturated heterocycles. The van der Waals surface area contributed by atoms with Crippen LogP contribution in [0.2, 0.25) is 0 Å². The first-order valence-electron chi connectivity index (χ1n) is 7.24. The maximum atomic E-state index is 12.2. The van der Waals surface area contributed by atoms with Crippen molar-refractivity contribution in [1.82, 2.24) is 15.3 Å². The molecule has 1 amide bonds. The summed E-state index contributed by atoms with van der Waals surface area (Å²) in [5, 5.41) is 2.84. The number of carbonyl (C=O) groups excluding carboxylic acids is 1. The van der Waals surface area contributed by atoms with Gasteiger partial charge < -0.3 is 19.8 Å². The molecule has 0 bridgehead atoms. The first-order valence-corrected chi connectivity index (χ1v) is 7.24. The first-order chi connectivity index (χ1) is 10.6. The average Bonchev–Trinajstić information content (AvgIpc) is 2.49. The second kappa shape index (κ2) is 7.86. The summed E-state index contributed by atoms with van der Waals surface area (Å²) in [6.07, 6.45) is 4.89. The number of aromatic amines is 1. The Morgan fingerprint density at radius 3 is 3.14 bits per heavy atom. The van der Waals surface area contributed by atoms with E-state index in [9.17, 15) is 9.59 Å². The molecule has 1 aromatic rings. The van der Waals surface area contributed by atoms with Gasteiger partial charge in [0.25, 0.3) is 11.5 Å². The highest BCUT2D eigenvalue weighted by Crippen LogP contribution is 2.12. The number of allylic oxidation sites excluding steroid dienone is 1. The number of rotatable bonds is 5. The highest BCUT2D eigenvalue weighted by atomic mass is 16.5. The third-order valence-corrected chi connectivity index (χ3v) is 3.39. The van der Waals surface area contributed by atoms with Gasteiger partial charge in [0.1, 0.15) is 11.7 Å². The maximum absolute atomic E-state index is 12.2. The average molecular weight is 307 g/mol. The van der Waals surface area contributed by atoms with E-state index < -0.39 is 11.5 Å². The van der Waals surface area contributed by atoms with Gasteiger partial charge in [-0.2, -0.15) is 0 Å². The number of carbonyl (C=O) groups is 1. The van der Waals surface area contributed by atoms with Crippen LogP contribution in [0.25, 0.3) is 0 Å². The third kappa shape index (κ3) is 4.51. The minimum atomic E-state index is -0.457. The van der Waals surface area contributed by atoms with Gasteiger partial charge in [-0.15, -0.1) is 0 Å². The van der Waals surface area contributed by atoms with Crippen molar-refractivity contribution in [2.24, 2.45) is 0 Å². The summed E-state index contributed by atoms with van der Waals surface area (Å²) in [6.45, 7) is 5.43. The van der Waals surface area contributed by atoms with Crippen molar-refractivity contribution in [1.29, 1.82) is 0 Å². The molecular formula is C15H21N3O4. The Labute approximate surface area is 128 Å². The van der Waals surface area contributed by atoms with Crippen LogP contribution >= 0.6 is 0 Å². The van der Waals surface area contributed by atoms with Gasteiger partial charge in [0, 0.05) is 12.8 Å². The summed E-state index contributed by atoms with van der Waals surface area (Å²) < 4.78 is 11.2. The number of nitrogens with one attached hydrogen (secondary N) is 2. The van der Waals surface area contributed by atoms with E-state index in [4.69, 9.17) is 9.47 Å². The smallest absolute Gasteiger partial charge is 0.263 e. The van der Waals surface area contributed by atoms with Crippen LogP contribution in [-0.4, -0.2) is 47.8 Å². The number of hydrogen-bond donors (Lipinski definition) is 2. The van der Waals surface area contributed by atoms with Crippen LogP contribution in [0.1, 0.15) is 30.6 Å². The molecule has 7 nitrogen and oxygen atoms in total. The van der Waals surface area contributed by atoms with Crippen LogP contribution in [0.4, 0.5) is 0 Å². The molecule has 0 unspecified atom stereocenters. The minimum Gasteiger partial charge on any atom is -0.379 e. The van der Waals surface area contributed by atoms with Crippen molar-refractivity contribution >= 4 is 5.91 Å². The summed E-state index contributed by atoms with van der Waals surface area (Å²) in [4.78, 5) is 29.9. The normalized spacial score (nSPS) is 21.2. The summed E-state index contributed by atoms with van der Waals surface area (Å²) in [7, 11) is 0. The molecule has 120 valence electrons. The number of aromatic nitrogens is 2. The molecule has 2 rings (SSSR count). The van der Waals surface area contributed by atoms with Crippen molar-refractivity contribution in [3.05, 3.63) is 40.1 Å². The van der Waals surface area contributed by atoms with Gasteiger partial charge in [-0.1, -0.05) is 11.6 Å². The Hall–Kier alpha value is -1.99. The van der Waals surface area contributed by atoms with Gasteiger partial charge in [-0.3, -0.25) is 9.59 Å². The van der Waals surface area contributed by atoms with E-state index in [0.29, 0.717) is 26.2 Å². The highest BCUT2D eigenvalue weighted by molar-refractivity contribution is 5.93. The molecule has 7 heteroatoms. The van der Waals surface area contributed by atoms with E-state index in [0.717, 1.165) is 0 Å². The SMILES string of the molecule is CC(C)=CCO[C@@H]1COCC[C@H]1NC(=O)c1cnc[nH]c1=O. The van der Waals surface area contributed by atoms with Crippen LogP contribution in [0.15, 0.2) is 29.0 Å². The molecule has 1 aliphatic rings. The molecule has 0 saturated carbocycles. The number of hydrogen-bond acceptors (Lipinski definition) is 5. The molecule has 1 fully saturated rings. The van der Waals surface area contributed by atoms with E-state index in [1.54, 1.807) is 0 Å². The fourth-order valence-electron chi connectivity index (χ4n) is 2.13. The van der Waals surface area contributed by atoms with Gasteiger partial charge in [-0.25, -0.2) is 4.98 Å². The Morgan fingerprint density at radius 1 is 1.59 bits per heavy atom. The monoisotopic (exact) mass is 307 g/mol. The highest BCUT2D eigenvalue weighted by Gasteiger charge is 2.28. The predicted octanol–water partition coefficient (Wildman–Crippen LogP) is 0.640. The molecule has 1 aromatic heterocycles. The lowest BCUT2D eigenvalue weighted by Gasteiger charge is -2.31. The van der Waals surface area contributed by atoms with Gasteiger partial charge in [-0.05, 0) is 20.3 Å². The van der Waals surface area contributed by atoms with Crippen molar-refractivity contribution in [2.45, 2.75) is 32.4 Å². The summed E-state index contributed by atoms with van der Waals surface area (Å²) >= 11 is 0. The Bertz CT molecular complexity index is 592. The summed E-state index contributed by atoms with van der Waals surface area (Å²) in [5.41, 5.74) is 0.706. The quantitative estimate of drug-likeness (QED) is 0.779. The lowest BCUT2D eigenvalue weighted by atomic mass is 10.1. The topological polar surface area (TPSA) is 93.3 Å². The summed E-state index contributed by atoms with van der Waals surface area (Å²) in [6, 6.07) is -0.189. The van der Waals surface area contributed by atoms with Crippen LogP contribution in [0, 0.1) is 0 Å². The standard InChI is InChI=1S/C15H21N3O4/c1-10(2)3-6-22-13-8-21-5-4-12(13)18-15(20)11-7-16-9-17-14(11)19/h3,7,9,12-13H,4-6,8H2,1-2H3,(H,18,20)(H,16,17,19)/t12-,13-/m1/s1. The zero-order chi connectivity index (χ0) is 15.9. The van der Waals surface area contributed by atoms with Gasteiger partial charge in [0.15, 0.2) is 0 Å². The third-order valence-electron chi connectivity index (χ3n) is 3.39. The van der Waals surface area contributed by atoms with Crippen molar-refractivity contribution < 1.29 is 14.3 Å². The molecule has 0 spiro atoms. The van der Waals surface area contributed by atoms with Gasteiger partial charge in [0.05, 0.1) is 25.6 Å². The molecule has 0 aliphatic carbocycles. The van der Waals surface area contributed by atoms with Crippen molar-refractivity contribution in [3.63, 3.8) is 0 Å². The van der Waals surface area contributed by atoms with Crippen LogP contribution in [0.5, 0.6) is 0 Å². The molecule has 2 atom stereocenters. The van der Waals surface area contributed by atoms with E-state index in [1.165, 1.54) is 18.1 Å². The Kier molecular flexibility index (Phi) is 5.85. The second-order valence-corrected chi connectivity index (χ2v) is 5.39. The van der Waals surface area contributed by atoms with E-state index >= 15 is 0 Å². The largest absolute Gasteiger partial charge is 0.379 e. The van der Waals surface area contributed by atoms with Gasteiger partial charge >= 0.3 is 0 Å². The molecule has 1 aliphatic heterocycles. The molecule has 0 radical (unpaired) electrons. The Morgan fingerprint density at radius 2 is 2.41 bits per heavy atom. The Balaban J connectivity index is 1.99. The molecule has 22 heavy (non-hydrogen) atoms. The molecule has 2 N–H and O–H groups in total. The molecule has 0 aromatic carbocycles. The van der Waals surface area contributed by atoms with Crippen LogP contribution < -0.4 is 10.9 Å². The summed E-state index contributed by atoms with van der Waals surface area (Å²) in [5.74, 6) is -0.447. The predicted molar refractivity (Wildman–Crippen MR) is 80.7 cm³/mol. The molecule has 2 heterocycles. The minimum absolute atomic E-state index is 0.00274. The number of ether oxygens (including phenoxy) is 2.